The number of ether oxygens (including phenoxy) is 1. The molecule has 5 nitrogen and oxygen atoms in total. The van der Waals surface area contributed by atoms with Crippen LogP contribution in [0.15, 0.2) is 18.2 Å². The summed E-state index contributed by atoms with van der Waals surface area (Å²) in [7, 11) is 0. The molecule has 0 unspecified atom stereocenters. The van der Waals surface area contributed by atoms with Gasteiger partial charge in [0.05, 0.1) is 0 Å². The van der Waals surface area contributed by atoms with Gasteiger partial charge in [-0.3, -0.25) is 4.90 Å². The third-order valence-electron chi connectivity index (χ3n) is 4.62. The molecule has 0 saturated carbocycles. The van der Waals surface area contributed by atoms with Gasteiger partial charge >= 0.3 is 0 Å². The Morgan fingerprint density at radius 2 is 1.74 bits per heavy atom. The number of nitrogens with zero attached hydrogens (tertiary/aromatic N) is 1. The molecule has 3 rings (SSSR count). The third-order valence-corrected chi connectivity index (χ3v) is 4.62. The van der Waals surface area contributed by atoms with Crippen LogP contribution in [0.2, 0.25) is 0 Å². The number of aromatic hydroxyl groups is 2. The fraction of sp³-hybridized carbons (Fsp3) is 0.625. The van der Waals surface area contributed by atoms with Crippen molar-refractivity contribution in [2.75, 3.05) is 39.4 Å². The molecule has 0 aliphatic carbocycles. The first-order chi connectivity index (χ1) is 10.3. The van der Waals surface area contributed by atoms with Gasteiger partial charge in [0.25, 0.3) is 0 Å². The quantitative estimate of drug-likeness (QED) is 0.718. The average molecular weight is 365 g/mol. The van der Waals surface area contributed by atoms with E-state index in [4.69, 9.17) is 4.74 Å². The molecular weight excluding hydrogens is 339 g/mol. The monoisotopic (exact) mass is 364 g/mol. The molecule has 0 radical (unpaired) electrons. The Bertz CT molecular complexity index is 460. The molecular formula is C16H26Cl2N2O3. The number of halogens is 2. The van der Waals surface area contributed by atoms with Gasteiger partial charge in [-0.05, 0) is 24.8 Å². The van der Waals surface area contributed by atoms with Crippen LogP contribution in [0.3, 0.4) is 0 Å². The summed E-state index contributed by atoms with van der Waals surface area (Å²) in [6, 6.07) is 5.46. The first-order valence-corrected chi connectivity index (χ1v) is 7.80. The van der Waals surface area contributed by atoms with E-state index in [0.29, 0.717) is 5.92 Å². The summed E-state index contributed by atoms with van der Waals surface area (Å²) < 4.78 is 5.48. The van der Waals surface area contributed by atoms with Crippen LogP contribution in [0.4, 0.5) is 0 Å². The number of hydrogen-bond acceptors (Lipinski definition) is 5. The molecule has 0 amide bonds. The van der Waals surface area contributed by atoms with Crippen molar-refractivity contribution >= 4 is 24.8 Å². The van der Waals surface area contributed by atoms with Gasteiger partial charge < -0.3 is 20.3 Å². The zero-order valence-corrected chi connectivity index (χ0v) is 14.7. The molecule has 1 aromatic carbocycles. The topological polar surface area (TPSA) is 65.0 Å². The highest BCUT2D eigenvalue weighted by Gasteiger charge is 2.33. The van der Waals surface area contributed by atoms with Gasteiger partial charge in [-0.2, -0.15) is 0 Å². The molecule has 2 aliphatic rings. The summed E-state index contributed by atoms with van der Waals surface area (Å²) in [5.41, 5.74) is 0.851. The number of benzene rings is 1. The molecule has 2 saturated heterocycles. The molecule has 23 heavy (non-hydrogen) atoms. The predicted octanol–water partition coefficient (Wildman–Crippen LogP) is 2.31. The van der Waals surface area contributed by atoms with Crippen LogP contribution in [0.25, 0.3) is 0 Å². The molecule has 2 heterocycles. The molecule has 0 bridgehead atoms. The lowest BCUT2D eigenvalue weighted by Crippen LogP contribution is -2.47. The van der Waals surface area contributed by atoms with Crippen LogP contribution in [0.5, 0.6) is 11.5 Å². The van der Waals surface area contributed by atoms with E-state index in [-0.39, 0.29) is 42.4 Å². The molecule has 7 heteroatoms. The van der Waals surface area contributed by atoms with E-state index in [9.17, 15) is 10.2 Å². The van der Waals surface area contributed by atoms with E-state index in [2.05, 4.69) is 10.2 Å². The predicted molar refractivity (Wildman–Crippen MR) is 95.0 cm³/mol. The van der Waals surface area contributed by atoms with Gasteiger partial charge in [-0.15, -0.1) is 24.8 Å². The van der Waals surface area contributed by atoms with Gasteiger partial charge in [0.2, 0.25) is 0 Å². The fourth-order valence-electron chi connectivity index (χ4n) is 3.53. The van der Waals surface area contributed by atoms with Gasteiger partial charge in [-0.1, -0.05) is 12.1 Å². The second-order valence-corrected chi connectivity index (χ2v) is 5.90. The Kier molecular flexibility index (Phi) is 8.44. The average Bonchev–Trinajstić information content (AvgIpc) is 2.54. The summed E-state index contributed by atoms with van der Waals surface area (Å²) in [4.78, 5) is 2.43. The van der Waals surface area contributed by atoms with Crippen molar-refractivity contribution in [3.8, 4) is 11.5 Å². The maximum Gasteiger partial charge on any atom is 0.162 e. The molecule has 2 fully saturated rings. The first-order valence-electron chi connectivity index (χ1n) is 7.80. The lowest BCUT2D eigenvalue weighted by molar-refractivity contribution is 0.0205. The van der Waals surface area contributed by atoms with Gasteiger partial charge in [-0.25, -0.2) is 0 Å². The Balaban J connectivity index is 0.00000132. The van der Waals surface area contributed by atoms with Crippen molar-refractivity contribution in [1.82, 2.24) is 10.2 Å². The minimum atomic E-state index is -0.0281. The van der Waals surface area contributed by atoms with E-state index < -0.39 is 0 Å². The number of hydrogen-bond donors (Lipinski definition) is 3. The van der Waals surface area contributed by atoms with Crippen molar-refractivity contribution in [3.05, 3.63) is 23.8 Å². The zero-order chi connectivity index (χ0) is 14.7. The number of phenols is 2. The van der Waals surface area contributed by atoms with Gasteiger partial charge in [0, 0.05) is 51.0 Å². The molecule has 132 valence electrons. The number of piperazine rings is 1. The number of para-hydroxylation sites is 1. The summed E-state index contributed by atoms with van der Waals surface area (Å²) in [5.74, 6) is 0.469. The lowest BCUT2D eigenvalue weighted by atomic mass is 9.85. The number of rotatable bonds is 3. The number of phenolic OH excluding ortho intramolecular Hbond substituents is 2. The highest BCUT2D eigenvalue weighted by atomic mass is 35.5. The summed E-state index contributed by atoms with van der Waals surface area (Å²) in [5, 5.41) is 23.5. The Labute approximate surface area is 149 Å². The largest absolute Gasteiger partial charge is 0.504 e. The zero-order valence-electron chi connectivity index (χ0n) is 13.1. The van der Waals surface area contributed by atoms with Gasteiger partial charge in [0.1, 0.15) is 0 Å². The van der Waals surface area contributed by atoms with E-state index in [1.165, 1.54) is 6.07 Å². The molecule has 0 spiro atoms. The minimum absolute atomic E-state index is 0. The minimum Gasteiger partial charge on any atom is -0.504 e. The Morgan fingerprint density at radius 1 is 1.09 bits per heavy atom. The molecule has 0 aromatic heterocycles. The van der Waals surface area contributed by atoms with Crippen LogP contribution in [0, 0.1) is 5.92 Å². The highest BCUT2D eigenvalue weighted by molar-refractivity contribution is 5.85. The van der Waals surface area contributed by atoms with E-state index in [0.717, 1.165) is 57.8 Å². The smallest absolute Gasteiger partial charge is 0.162 e. The van der Waals surface area contributed by atoms with Crippen molar-refractivity contribution in [2.24, 2.45) is 5.92 Å². The maximum atomic E-state index is 10.3. The van der Waals surface area contributed by atoms with E-state index >= 15 is 0 Å². The summed E-state index contributed by atoms with van der Waals surface area (Å²) in [6.07, 6.45) is 2.01. The normalized spacial score (nSPS) is 21.0. The molecule has 3 N–H and O–H groups in total. The van der Waals surface area contributed by atoms with E-state index in [1.807, 2.05) is 12.1 Å². The van der Waals surface area contributed by atoms with Crippen LogP contribution < -0.4 is 5.32 Å². The highest BCUT2D eigenvalue weighted by Crippen LogP contribution is 2.42. The SMILES string of the molecule is Cl.Cl.Oc1cccc([C@H](C2CCOCC2)N2CCNCC2)c1O. The maximum absolute atomic E-state index is 10.3. The van der Waals surface area contributed by atoms with Crippen LogP contribution >= 0.6 is 24.8 Å². The van der Waals surface area contributed by atoms with Gasteiger partial charge in [0.15, 0.2) is 11.5 Å². The standard InChI is InChI=1S/C16H24N2O3.2ClH/c19-14-3-1-2-13(16(14)20)15(12-4-10-21-11-5-12)18-8-6-17-7-9-18;;/h1-3,12,15,17,19-20H,4-11H2;2*1H/t15-;;/m0../s1. The Morgan fingerprint density at radius 3 is 2.39 bits per heavy atom. The lowest BCUT2D eigenvalue weighted by Gasteiger charge is -2.41. The fourth-order valence-corrected chi connectivity index (χ4v) is 3.53. The Hall–Kier alpha value is -0.720. The van der Waals surface area contributed by atoms with Crippen molar-refractivity contribution < 1.29 is 14.9 Å². The van der Waals surface area contributed by atoms with Crippen LogP contribution in [0.1, 0.15) is 24.4 Å². The molecule has 2 aliphatic heterocycles. The number of nitrogens with one attached hydrogen (secondary N) is 1. The second kappa shape index (κ2) is 9.55. The van der Waals surface area contributed by atoms with Crippen molar-refractivity contribution in [1.29, 1.82) is 0 Å². The van der Waals surface area contributed by atoms with Crippen molar-refractivity contribution in [2.45, 2.75) is 18.9 Å². The van der Waals surface area contributed by atoms with Crippen LogP contribution in [-0.4, -0.2) is 54.5 Å². The first kappa shape index (κ1) is 20.3. The third kappa shape index (κ3) is 4.64. The van der Waals surface area contributed by atoms with E-state index in [1.54, 1.807) is 0 Å². The van der Waals surface area contributed by atoms with Crippen LogP contribution in [-0.2, 0) is 4.74 Å². The van der Waals surface area contributed by atoms with Crippen molar-refractivity contribution in [3.63, 3.8) is 0 Å². The molecule has 1 atom stereocenters. The molecule has 1 aromatic rings. The summed E-state index contributed by atoms with van der Waals surface area (Å²) >= 11 is 0. The second-order valence-electron chi connectivity index (χ2n) is 5.90. The summed E-state index contributed by atoms with van der Waals surface area (Å²) in [6.45, 7) is 5.45.